The van der Waals surface area contributed by atoms with E-state index in [1.165, 1.54) is 44.0 Å². The molecular weight excluding hydrogens is 607 g/mol. The van der Waals surface area contributed by atoms with Gasteiger partial charge in [0, 0.05) is 30.3 Å². The van der Waals surface area contributed by atoms with Gasteiger partial charge in [0.2, 0.25) is 5.88 Å². The Morgan fingerprint density at radius 2 is 1.90 bits per heavy atom. The van der Waals surface area contributed by atoms with Crippen molar-refractivity contribution in [3.05, 3.63) is 59.1 Å². The number of β-amino-alcohol motifs (C(OH)–C–C–N with tert-alkyl or cyclic N) is 1. The number of nitrogens with zero attached hydrogens (tertiary/aromatic N) is 3. The molecule has 42 heavy (non-hydrogen) atoms. The van der Waals surface area contributed by atoms with E-state index in [2.05, 4.69) is 9.72 Å². The highest BCUT2D eigenvalue weighted by molar-refractivity contribution is 7.95. The number of likely N-dealkylation sites (tertiary alicyclic amines) is 1. The van der Waals surface area contributed by atoms with Crippen molar-refractivity contribution in [1.82, 2.24) is 9.88 Å². The van der Waals surface area contributed by atoms with Crippen LogP contribution in [0.2, 0.25) is 0 Å². The van der Waals surface area contributed by atoms with Crippen LogP contribution in [0.1, 0.15) is 17.5 Å². The molecule has 224 valence electrons. The fourth-order valence-corrected chi connectivity index (χ4v) is 8.23. The number of aromatic nitrogens is 1. The number of ether oxygens (including phenoxy) is 3. The molecule has 3 aromatic rings. The summed E-state index contributed by atoms with van der Waals surface area (Å²) in [6, 6.07) is 5.07. The smallest absolute Gasteiger partial charge is 0.494 e. The molecule has 0 spiro atoms. The van der Waals surface area contributed by atoms with Gasteiger partial charge in [-0.1, -0.05) is 0 Å². The predicted molar refractivity (Wildman–Crippen MR) is 139 cm³/mol. The van der Waals surface area contributed by atoms with Crippen LogP contribution in [0.15, 0.2) is 52.2 Å². The Hall–Kier alpha value is -3.93. The molecule has 1 aromatic carbocycles. The molecule has 0 aliphatic carbocycles. The number of halogens is 3. The second-order valence-corrected chi connectivity index (χ2v) is 12.1. The number of rotatable bonds is 8. The van der Waals surface area contributed by atoms with Crippen molar-refractivity contribution >= 4 is 38.9 Å². The standard InChI is InChI=1S/C25H22F3N3O9S2/c1-38-19-7-9-41-22(19)42(36,37)31-17-6-5-14(40-25(26,27)28)11-16(17)24(23(31)35,15-4-3-8-29-20(15)39-2)30-12-13(32)10-18(30)21(33)34/h3-9,11,13,18,32H,10,12H2,1-2H3,(H,33,34)/t13-,18+,24?/m1/s1. The summed E-state index contributed by atoms with van der Waals surface area (Å²) in [6.07, 6.45) is -5.53. The number of carboxylic acids is 1. The summed E-state index contributed by atoms with van der Waals surface area (Å²) in [7, 11) is -2.40. The lowest BCUT2D eigenvalue weighted by Gasteiger charge is -2.40. The quantitative estimate of drug-likeness (QED) is 0.378. The van der Waals surface area contributed by atoms with Gasteiger partial charge in [-0.05, 0) is 41.8 Å². The maximum atomic E-state index is 14.8. The molecule has 5 rings (SSSR count). The zero-order chi connectivity index (χ0) is 30.6. The number of hydrogen-bond donors (Lipinski definition) is 2. The second kappa shape index (κ2) is 10.4. The summed E-state index contributed by atoms with van der Waals surface area (Å²) in [6.45, 7) is -0.471. The average Bonchev–Trinajstić information content (AvgIpc) is 3.62. The molecule has 1 saturated heterocycles. The fourth-order valence-electron chi connectivity index (χ4n) is 5.44. The number of aliphatic hydroxyl groups is 1. The van der Waals surface area contributed by atoms with Gasteiger partial charge in [0.05, 0.1) is 26.0 Å². The minimum atomic E-state index is -5.16. The molecule has 2 aliphatic heterocycles. The van der Waals surface area contributed by atoms with Crippen molar-refractivity contribution in [2.75, 3.05) is 25.1 Å². The number of methoxy groups -OCH3 is 2. The lowest BCUT2D eigenvalue weighted by molar-refractivity contribution is -0.274. The molecule has 1 amide bonds. The number of anilines is 1. The molecule has 2 aliphatic rings. The van der Waals surface area contributed by atoms with Crippen LogP contribution >= 0.6 is 11.3 Å². The van der Waals surface area contributed by atoms with Gasteiger partial charge in [0.25, 0.3) is 15.9 Å². The SMILES string of the molecule is COc1ccsc1S(=O)(=O)N1C(=O)C(c2cccnc2OC)(N2C[C@H](O)C[C@H]2C(=O)O)c2cc(OC(F)(F)F)ccc21. The largest absolute Gasteiger partial charge is 0.573 e. The highest BCUT2D eigenvalue weighted by atomic mass is 32.2. The van der Waals surface area contributed by atoms with Crippen LogP contribution in [0.4, 0.5) is 18.9 Å². The van der Waals surface area contributed by atoms with Crippen LogP contribution in [0, 0.1) is 0 Å². The van der Waals surface area contributed by atoms with E-state index in [-0.39, 0.29) is 39.1 Å². The van der Waals surface area contributed by atoms with E-state index in [0.717, 1.165) is 34.4 Å². The zero-order valence-corrected chi connectivity index (χ0v) is 23.4. The number of fused-ring (bicyclic) bond motifs is 1. The lowest BCUT2D eigenvalue weighted by atomic mass is 9.81. The molecule has 17 heteroatoms. The van der Waals surface area contributed by atoms with Gasteiger partial charge in [-0.2, -0.15) is 12.7 Å². The molecule has 3 atom stereocenters. The number of aliphatic carboxylic acids is 1. The van der Waals surface area contributed by atoms with Gasteiger partial charge < -0.3 is 24.4 Å². The number of hydrogen-bond acceptors (Lipinski definition) is 11. The summed E-state index contributed by atoms with van der Waals surface area (Å²) in [4.78, 5) is 32.4. The first kappa shape index (κ1) is 29.6. The average molecular weight is 630 g/mol. The number of carbonyl (C=O) groups is 2. The molecule has 4 heterocycles. The summed E-state index contributed by atoms with van der Waals surface area (Å²) in [5.74, 6) is -3.86. The van der Waals surface area contributed by atoms with Crippen molar-refractivity contribution in [2.45, 2.75) is 34.7 Å². The summed E-state index contributed by atoms with van der Waals surface area (Å²) >= 11 is 0.732. The fraction of sp³-hybridized carbons (Fsp3) is 0.320. The van der Waals surface area contributed by atoms with Gasteiger partial charge in [-0.3, -0.25) is 14.5 Å². The minimum Gasteiger partial charge on any atom is -0.494 e. The third-order valence-electron chi connectivity index (χ3n) is 6.94. The van der Waals surface area contributed by atoms with Gasteiger partial charge in [-0.25, -0.2) is 4.98 Å². The summed E-state index contributed by atoms with van der Waals surface area (Å²) in [5, 5.41) is 22.1. The van der Waals surface area contributed by atoms with Gasteiger partial charge in [0.1, 0.15) is 17.5 Å². The molecule has 1 unspecified atom stereocenters. The number of thiophene rings is 1. The second-order valence-electron chi connectivity index (χ2n) is 9.24. The normalized spacial score (nSPS) is 22.7. The van der Waals surface area contributed by atoms with Crippen molar-refractivity contribution < 1.29 is 55.6 Å². The molecule has 0 radical (unpaired) electrons. The van der Waals surface area contributed by atoms with E-state index in [9.17, 15) is 41.4 Å². The van der Waals surface area contributed by atoms with Crippen LogP contribution in [0.5, 0.6) is 17.4 Å². The Balaban J connectivity index is 1.90. The highest BCUT2D eigenvalue weighted by Crippen LogP contribution is 2.55. The van der Waals surface area contributed by atoms with Gasteiger partial charge >= 0.3 is 12.3 Å². The van der Waals surface area contributed by atoms with E-state index in [4.69, 9.17) is 9.47 Å². The molecule has 12 nitrogen and oxygen atoms in total. The van der Waals surface area contributed by atoms with Crippen LogP contribution in [-0.2, 0) is 25.2 Å². The van der Waals surface area contributed by atoms with Crippen LogP contribution in [0.3, 0.4) is 0 Å². The number of amides is 1. The Labute approximate surface area is 240 Å². The van der Waals surface area contributed by atoms with E-state index in [1.807, 2.05) is 0 Å². The molecule has 0 bridgehead atoms. The third-order valence-corrected chi connectivity index (χ3v) is 10.1. The van der Waals surface area contributed by atoms with Crippen LogP contribution in [0.25, 0.3) is 0 Å². The predicted octanol–water partition coefficient (Wildman–Crippen LogP) is 2.56. The van der Waals surface area contributed by atoms with Crippen molar-refractivity contribution in [2.24, 2.45) is 0 Å². The molecular formula is C25H22F3N3O9S2. The Kier molecular flexibility index (Phi) is 7.33. The first-order chi connectivity index (χ1) is 19.8. The number of carbonyl (C=O) groups excluding carboxylic acids is 1. The van der Waals surface area contributed by atoms with Crippen molar-refractivity contribution in [3.8, 4) is 17.4 Å². The minimum absolute atomic E-state index is 0.0946. The number of alkyl halides is 3. The monoisotopic (exact) mass is 629 g/mol. The van der Waals surface area contributed by atoms with Crippen molar-refractivity contribution in [1.29, 1.82) is 0 Å². The molecule has 1 fully saturated rings. The van der Waals surface area contributed by atoms with E-state index in [0.29, 0.717) is 4.31 Å². The van der Waals surface area contributed by atoms with Crippen molar-refractivity contribution in [3.63, 3.8) is 0 Å². The first-order valence-corrected chi connectivity index (χ1v) is 14.4. The van der Waals surface area contributed by atoms with Crippen LogP contribution < -0.4 is 18.5 Å². The van der Waals surface area contributed by atoms with E-state index >= 15 is 0 Å². The molecule has 2 aromatic heterocycles. The summed E-state index contributed by atoms with van der Waals surface area (Å²) in [5.41, 5.74) is -3.36. The zero-order valence-electron chi connectivity index (χ0n) is 21.7. The number of carboxylic acid groups (broad SMARTS) is 1. The molecule has 0 saturated carbocycles. The van der Waals surface area contributed by atoms with E-state index < -0.39 is 58.2 Å². The lowest BCUT2D eigenvalue weighted by Crippen LogP contribution is -2.58. The number of benzene rings is 1. The van der Waals surface area contributed by atoms with Gasteiger partial charge in [-0.15, -0.1) is 24.5 Å². The van der Waals surface area contributed by atoms with Gasteiger partial charge in [0.15, 0.2) is 9.75 Å². The summed E-state index contributed by atoms with van der Waals surface area (Å²) < 4.78 is 82.8. The highest BCUT2D eigenvalue weighted by Gasteiger charge is 2.64. The van der Waals surface area contributed by atoms with E-state index in [1.54, 1.807) is 0 Å². The Bertz CT molecular complexity index is 1660. The number of pyridine rings is 1. The number of sulfonamides is 1. The number of aliphatic hydroxyl groups excluding tert-OH is 1. The maximum Gasteiger partial charge on any atom is 0.573 e. The first-order valence-electron chi connectivity index (χ1n) is 12.1. The van der Waals surface area contributed by atoms with Crippen LogP contribution in [-0.4, -0.2) is 79.7 Å². The Morgan fingerprint density at radius 3 is 2.55 bits per heavy atom. The third kappa shape index (κ3) is 4.52. The topological polar surface area (TPSA) is 156 Å². The Morgan fingerprint density at radius 1 is 1.17 bits per heavy atom. The maximum absolute atomic E-state index is 14.8. The molecule has 2 N–H and O–H groups in total.